The van der Waals surface area contributed by atoms with Gasteiger partial charge in [0.2, 0.25) is 5.91 Å². The number of amides is 2. The molecular formula is C22H23FN4O2. The minimum Gasteiger partial charge on any atom is -0.343 e. The Morgan fingerprint density at radius 2 is 1.83 bits per heavy atom. The minimum absolute atomic E-state index is 0.187. The van der Waals surface area contributed by atoms with Crippen LogP contribution in [0.4, 0.5) is 4.39 Å². The number of aryl methyl sites for hydroxylation is 3. The molecule has 0 aliphatic rings. The second kappa shape index (κ2) is 8.68. The van der Waals surface area contributed by atoms with Crippen molar-refractivity contribution in [3.05, 3.63) is 88.8 Å². The summed E-state index contributed by atoms with van der Waals surface area (Å²) in [6.45, 7) is 3.71. The van der Waals surface area contributed by atoms with Crippen molar-refractivity contribution in [1.29, 1.82) is 0 Å². The van der Waals surface area contributed by atoms with Crippen molar-refractivity contribution in [2.75, 3.05) is 6.54 Å². The normalized spacial score (nSPS) is 11.7. The summed E-state index contributed by atoms with van der Waals surface area (Å²) >= 11 is 0. The van der Waals surface area contributed by atoms with E-state index in [1.165, 1.54) is 12.1 Å². The standard InChI is InChI=1S/C22H23FN4O2/c1-14-4-5-17(12-15(14)2)22(29)25-13-19(28)26-20(21-24-10-11-27(21)3)16-6-8-18(23)9-7-16/h4-12,20H,13H2,1-3H3,(H,25,29)(H,26,28). The number of hydrogen-bond donors (Lipinski definition) is 2. The van der Waals surface area contributed by atoms with Crippen molar-refractivity contribution in [3.8, 4) is 0 Å². The Morgan fingerprint density at radius 3 is 2.45 bits per heavy atom. The molecule has 0 radical (unpaired) electrons. The number of carbonyl (C=O) groups is 2. The van der Waals surface area contributed by atoms with E-state index in [4.69, 9.17) is 0 Å². The zero-order valence-corrected chi connectivity index (χ0v) is 16.6. The van der Waals surface area contributed by atoms with E-state index >= 15 is 0 Å². The molecule has 1 heterocycles. The minimum atomic E-state index is -0.568. The predicted octanol–water partition coefficient (Wildman–Crippen LogP) is 2.81. The van der Waals surface area contributed by atoms with Crippen LogP contribution in [0.15, 0.2) is 54.9 Å². The molecule has 2 aromatic carbocycles. The Hall–Kier alpha value is -3.48. The first kappa shape index (κ1) is 20.3. The average Bonchev–Trinajstić information content (AvgIpc) is 3.12. The lowest BCUT2D eigenvalue weighted by Gasteiger charge is -2.19. The summed E-state index contributed by atoms with van der Waals surface area (Å²) in [5.74, 6) is -0.456. The van der Waals surface area contributed by atoms with Gasteiger partial charge in [-0.1, -0.05) is 18.2 Å². The van der Waals surface area contributed by atoms with Gasteiger partial charge >= 0.3 is 0 Å². The zero-order chi connectivity index (χ0) is 21.0. The number of benzene rings is 2. The van der Waals surface area contributed by atoms with E-state index in [1.807, 2.05) is 27.0 Å². The summed E-state index contributed by atoms with van der Waals surface area (Å²) < 4.78 is 15.1. The van der Waals surface area contributed by atoms with Crippen LogP contribution in [-0.4, -0.2) is 27.9 Å². The van der Waals surface area contributed by atoms with Crippen molar-refractivity contribution in [2.45, 2.75) is 19.9 Å². The highest BCUT2D eigenvalue weighted by Crippen LogP contribution is 2.20. The van der Waals surface area contributed by atoms with Crippen LogP contribution in [0.2, 0.25) is 0 Å². The zero-order valence-electron chi connectivity index (χ0n) is 16.6. The fraction of sp³-hybridized carbons (Fsp3) is 0.227. The summed E-state index contributed by atoms with van der Waals surface area (Å²) in [7, 11) is 1.81. The van der Waals surface area contributed by atoms with Crippen molar-refractivity contribution < 1.29 is 14.0 Å². The fourth-order valence-electron chi connectivity index (χ4n) is 2.96. The lowest BCUT2D eigenvalue weighted by atomic mass is 10.1. The molecule has 2 N–H and O–H groups in total. The first-order valence-electron chi connectivity index (χ1n) is 9.22. The van der Waals surface area contributed by atoms with Gasteiger partial charge in [-0.05, 0) is 54.8 Å². The van der Waals surface area contributed by atoms with Gasteiger partial charge in [-0.3, -0.25) is 9.59 Å². The van der Waals surface area contributed by atoms with E-state index < -0.39 is 6.04 Å². The van der Waals surface area contributed by atoms with E-state index in [1.54, 1.807) is 41.2 Å². The molecule has 0 bridgehead atoms. The molecule has 7 heteroatoms. The first-order valence-corrected chi connectivity index (χ1v) is 9.22. The molecule has 0 fully saturated rings. The van der Waals surface area contributed by atoms with Gasteiger partial charge in [0.15, 0.2) is 0 Å². The summed E-state index contributed by atoms with van der Waals surface area (Å²) in [4.78, 5) is 29.2. The number of aromatic nitrogens is 2. The lowest BCUT2D eigenvalue weighted by molar-refractivity contribution is -0.120. The van der Waals surface area contributed by atoms with Crippen LogP contribution < -0.4 is 10.6 Å². The molecule has 0 saturated carbocycles. The summed E-state index contributed by atoms with van der Waals surface area (Å²) in [5.41, 5.74) is 3.29. The summed E-state index contributed by atoms with van der Waals surface area (Å²) in [6.07, 6.45) is 3.39. The second-order valence-electron chi connectivity index (χ2n) is 6.93. The molecular weight excluding hydrogens is 371 g/mol. The highest BCUT2D eigenvalue weighted by molar-refractivity contribution is 5.96. The number of rotatable bonds is 6. The molecule has 0 aliphatic carbocycles. The third-order valence-corrected chi connectivity index (χ3v) is 4.80. The molecule has 29 heavy (non-hydrogen) atoms. The maximum absolute atomic E-state index is 13.3. The first-order chi connectivity index (χ1) is 13.8. The molecule has 0 saturated heterocycles. The molecule has 1 atom stereocenters. The Morgan fingerprint density at radius 1 is 1.10 bits per heavy atom. The van der Waals surface area contributed by atoms with Gasteiger partial charge in [0.25, 0.3) is 5.91 Å². The van der Waals surface area contributed by atoms with Gasteiger partial charge < -0.3 is 15.2 Å². The van der Waals surface area contributed by atoms with Gasteiger partial charge in [0.05, 0.1) is 6.54 Å². The molecule has 3 rings (SSSR count). The van der Waals surface area contributed by atoms with Crippen LogP contribution in [0.3, 0.4) is 0 Å². The van der Waals surface area contributed by atoms with Crippen molar-refractivity contribution in [2.24, 2.45) is 7.05 Å². The molecule has 150 valence electrons. The number of halogens is 1. The Bertz CT molecular complexity index is 1030. The third kappa shape index (κ3) is 4.87. The van der Waals surface area contributed by atoms with E-state index in [2.05, 4.69) is 15.6 Å². The number of nitrogens with zero attached hydrogens (tertiary/aromatic N) is 2. The van der Waals surface area contributed by atoms with Crippen LogP contribution in [-0.2, 0) is 11.8 Å². The molecule has 3 aromatic rings. The Kier molecular flexibility index (Phi) is 6.07. The van der Waals surface area contributed by atoms with Crippen LogP contribution >= 0.6 is 0 Å². The highest BCUT2D eigenvalue weighted by Gasteiger charge is 2.21. The van der Waals surface area contributed by atoms with Crippen LogP contribution in [0.25, 0.3) is 0 Å². The average molecular weight is 394 g/mol. The SMILES string of the molecule is Cc1ccc(C(=O)NCC(=O)NC(c2ccc(F)cc2)c2nccn2C)cc1C. The van der Waals surface area contributed by atoms with E-state index in [0.717, 1.165) is 11.1 Å². The largest absolute Gasteiger partial charge is 0.343 e. The molecule has 0 aliphatic heterocycles. The number of imidazole rings is 1. The monoisotopic (exact) mass is 394 g/mol. The fourth-order valence-corrected chi connectivity index (χ4v) is 2.96. The van der Waals surface area contributed by atoms with Gasteiger partial charge in [-0.15, -0.1) is 0 Å². The molecule has 2 amide bonds. The van der Waals surface area contributed by atoms with E-state index in [9.17, 15) is 14.0 Å². The molecule has 6 nitrogen and oxygen atoms in total. The molecule has 1 unspecified atom stereocenters. The molecule has 1 aromatic heterocycles. The van der Waals surface area contributed by atoms with Crippen LogP contribution in [0.1, 0.15) is 38.9 Å². The van der Waals surface area contributed by atoms with Crippen LogP contribution in [0, 0.1) is 19.7 Å². The second-order valence-corrected chi connectivity index (χ2v) is 6.93. The van der Waals surface area contributed by atoms with Crippen LogP contribution in [0.5, 0.6) is 0 Å². The predicted molar refractivity (Wildman–Crippen MR) is 108 cm³/mol. The quantitative estimate of drug-likeness (QED) is 0.675. The van der Waals surface area contributed by atoms with Crippen molar-refractivity contribution in [1.82, 2.24) is 20.2 Å². The Labute approximate surface area is 168 Å². The topological polar surface area (TPSA) is 76.0 Å². The highest BCUT2D eigenvalue weighted by atomic mass is 19.1. The van der Waals surface area contributed by atoms with Crippen molar-refractivity contribution in [3.63, 3.8) is 0 Å². The van der Waals surface area contributed by atoms with Gasteiger partial charge in [0, 0.05) is 25.0 Å². The number of hydrogen-bond acceptors (Lipinski definition) is 3. The van der Waals surface area contributed by atoms with E-state index in [-0.39, 0.29) is 24.2 Å². The number of nitrogens with one attached hydrogen (secondary N) is 2. The smallest absolute Gasteiger partial charge is 0.251 e. The van der Waals surface area contributed by atoms with Crippen molar-refractivity contribution >= 4 is 11.8 Å². The van der Waals surface area contributed by atoms with Gasteiger partial charge in [-0.2, -0.15) is 0 Å². The third-order valence-electron chi connectivity index (χ3n) is 4.80. The maximum atomic E-state index is 13.3. The Balaban J connectivity index is 1.70. The van der Waals surface area contributed by atoms with Gasteiger partial charge in [0.1, 0.15) is 17.7 Å². The van der Waals surface area contributed by atoms with E-state index in [0.29, 0.717) is 17.0 Å². The number of carbonyl (C=O) groups excluding carboxylic acids is 2. The summed E-state index contributed by atoms with van der Waals surface area (Å²) in [5, 5.41) is 5.50. The molecule has 0 spiro atoms. The maximum Gasteiger partial charge on any atom is 0.251 e. The van der Waals surface area contributed by atoms with Gasteiger partial charge in [-0.25, -0.2) is 9.37 Å². The lowest BCUT2D eigenvalue weighted by Crippen LogP contribution is -2.39. The summed E-state index contributed by atoms with van der Waals surface area (Å²) in [6, 6.07) is 10.7.